The number of carbonyl (C=O) groups excluding carboxylic acids is 2. The molecule has 5 heteroatoms. The second kappa shape index (κ2) is 7.54. The Morgan fingerprint density at radius 3 is 2.58 bits per heavy atom. The summed E-state index contributed by atoms with van der Waals surface area (Å²) in [6, 6.07) is 16.4. The number of aliphatic hydroxyl groups excluding tert-OH is 1. The Hall–Kier alpha value is -2.92. The number of aryl methyl sites for hydroxylation is 1. The van der Waals surface area contributed by atoms with E-state index in [0.29, 0.717) is 11.1 Å². The highest BCUT2D eigenvalue weighted by molar-refractivity contribution is 5.96. The van der Waals surface area contributed by atoms with E-state index in [0.717, 1.165) is 11.1 Å². The molecule has 2 aromatic rings. The third-order valence-electron chi connectivity index (χ3n) is 4.34. The lowest BCUT2D eigenvalue weighted by atomic mass is 9.98. The molecule has 0 saturated carbocycles. The van der Waals surface area contributed by atoms with E-state index in [-0.39, 0.29) is 13.0 Å². The lowest BCUT2D eigenvalue weighted by molar-refractivity contribution is -0.154. The highest BCUT2D eigenvalue weighted by Gasteiger charge is 2.44. The SMILES string of the molecule is Cc1ccccc1C(=O)OCC1(CO)C/C(=C\c2ccccc2)C(=O)O1. The largest absolute Gasteiger partial charge is 0.458 e. The number of rotatable bonds is 5. The Labute approximate surface area is 151 Å². The first-order chi connectivity index (χ1) is 12.5. The number of hydrogen-bond acceptors (Lipinski definition) is 5. The second-order valence-electron chi connectivity index (χ2n) is 6.38. The van der Waals surface area contributed by atoms with Gasteiger partial charge in [-0.05, 0) is 30.2 Å². The number of aliphatic hydroxyl groups is 1. The maximum atomic E-state index is 12.3. The Bertz CT molecular complexity index is 840. The van der Waals surface area contributed by atoms with Crippen molar-refractivity contribution in [3.05, 3.63) is 76.9 Å². The molecule has 0 spiro atoms. The van der Waals surface area contributed by atoms with Crippen LogP contribution < -0.4 is 0 Å². The summed E-state index contributed by atoms with van der Waals surface area (Å²) in [7, 11) is 0. The van der Waals surface area contributed by atoms with Gasteiger partial charge in [0.25, 0.3) is 0 Å². The van der Waals surface area contributed by atoms with Crippen molar-refractivity contribution in [1.82, 2.24) is 0 Å². The van der Waals surface area contributed by atoms with E-state index in [1.807, 2.05) is 49.4 Å². The minimum absolute atomic E-state index is 0.179. The highest BCUT2D eigenvalue weighted by Crippen LogP contribution is 2.32. The van der Waals surface area contributed by atoms with Crippen molar-refractivity contribution in [2.45, 2.75) is 18.9 Å². The number of benzene rings is 2. The molecule has 3 rings (SSSR count). The molecule has 5 nitrogen and oxygen atoms in total. The second-order valence-corrected chi connectivity index (χ2v) is 6.38. The molecule has 0 aromatic heterocycles. The van der Waals surface area contributed by atoms with E-state index in [1.165, 1.54) is 0 Å². The summed E-state index contributed by atoms with van der Waals surface area (Å²) in [5.74, 6) is -1.01. The zero-order valence-corrected chi connectivity index (χ0v) is 14.5. The van der Waals surface area contributed by atoms with Crippen LogP contribution in [0, 0.1) is 6.92 Å². The Kier molecular flexibility index (Phi) is 5.19. The van der Waals surface area contributed by atoms with Gasteiger partial charge in [0.2, 0.25) is 0 Å². The molecular weight excluding hydrogens is 332 g/mol. The molecule has 1 heterocycles. The average molecular weight is 352 g/mol. The van der Waals surface area contributed by atoms with Gasteiger partial charge in [-0.1, -0.05) is 48.5 Å². The molecule has 1 aliphatic heterocycles. The number of ether oxygens (including phenoxy) is 2. The molecule has 0 radical (unpaired) electrons. The molecule has 1 atom stereocenters. The number of hydrogen-bond donors (Lipinski definition) is 1. The van der Waals surface area contributed by atoms with E-state index in [1.54, 1.807) is 18.2 Å². The fourth-order valence-corrected chi connectivity index (χ4v) is 2.87. The van der Waals surface area contributed by atoms with E-state index in [9.17, 15) is 14.7 Å². The third-order valence-corrected chi connectivity index (χ3v) is 4.34. The van der Waals surface area contributed by atoms with Crippen molar-refractivity contribution < 1.29 is 24.2 Å². The van der Waals surface area contributed by atoms with Crippen molar-refractivity contribution in [3.8, 4) is 0 Å². The van der Waals surface area contributed by atoms with Crippen molar-refractivity contribution in [2.24, 2.45) is 0 Å². The van der Waals surface area contributed by atoms with E-state index in [2.05, 4.69) is 0 Å². The van der Waals surface area contributed by atoms with Crippen LogP contribution in [0.25, 0.3) is 6.08 Å². The van der Waals surface area contributed by atoms with Gasteiger partial charge in [0, 0.05) is 12.0 Å². The van der Waals surface area contributed by atoms with Crippen molar-refractivity contribution in [1.29, 1.82) is 0 Å². The summed E-state index contributed by atoms with van der Waals surface area (Å²) in [5, 5.41) is 9.76. The van der Waals surface area contributed by atoms with E-state index in [4.69, 9.17) is 9.47 Å². The summed E-state index contributed by atoms with van der Waals surface area (Å²) in [6.07, 6.45) is 1.90. The fourth-order valence-electron chi connectivity index (χ4n) is 2.87. The van der Waals surface area contributed by atoms with Crippen molar-refractivity contribution in [2.75, 3.05) is 13.2 Å². The normalized spacial score (nSPS) is 20.8. The van der Waals surface area contributed by atoms with Crippen LogP contribution in [0.15, 0.2) is 60.2 Å². The summed E-state index contributed by atoms with van der Waals surface area (Å²) >= 11 is 0. The molecule has 0 bridgehead atoms. The predicted molar refractivity (Wildman–Crippen MR) is 96.4 cm³/mol. The monoisotopic (exact) mass is 352 g/mol. The van der Waals surface area contributed by atoms with Crippen LogP contribution >= 0.6 is 0 Å². The predicted octanol–water partition coefficient (Wildman–Crippen LogP) is 2.91. The van der Waals surface area contributed by atoms with Gasteiger partial charge in [-0.25, -0.2) is 9.59 Å². The number of carbonyl (C=O) groups is 2. The van der Waals surface area contributed by atoms with Gasteiger partial charge in [-0.2, -0.15) is 0 Å². The summed E-state index contributed by atoms with van der Waals surface area (Å²) < 4.78 is 10.7. The molecule has 1 aliphatic rings. The smallest absolute Gasteiger partial charge is 0.338 e. The molecular formula is C21H20O5. The van der Waals surface area contributed by atoms with E-state index >= 15 is 0 Å². The van der Waals surface area contributed by atoms with Crippen LogP contribution in [0.2, 0.25) is 0 Å². The van der Waals surface area contributed by atoms with Crippen molar-refractivity contribution in [3.63, 3.8) is 0 Å². The molecule has 134 valence electrons. The van der Waals surface area contributed by atoms with Crippen LogP contribution in [0.1, 0.15) is 27.9 Å². The third kappa shape index (κ3) is 3.83. The minimum Gasteiger partial charge on any atom is -0.458 e. The minimum atomic E-state index is -1.24. The standard InChI is InChI=1S/C21H20O5/c1-15-7-5-6-10-18(15)20(24)25-14-21(13-22)12-17(19(23)26-21)11-16-8-3-2-4-9-16/h2-11,22H,12-14H2,1H3/b17-11+. The first-order valence-corrected chi connectivity index (χ1v) is 8.36. The summed E-state index contributed by atoms with van der Waals surface area (Å²) in [6.45, 7) is 1.19. The first-order valence-electron chi connectivity index (χ1n) is 8.36. The lowest BCUT2D eigenvalue weighted by Gasteiger charge is -2.24. The maximum Gasteiger partial charge on any atom is 0.338 e. The van der Waals surface area contributed by atoms with Crippen LogP contribution in [0.5, 0.6) is 0 Å². The lowest BCUT2D eigenvalue weighted by Crippen LogP contribution is -2.39. The van der Waals surface area contributed by atoms with Gasteiger partial charge in [0.15, 0.2) is 5.60 Å². The van der Waals surface area contributed by atoms with Crippen LogP contribution in [0.3, 0.4) is 0 Å². The summed E-state index contributed by atoms with van der Waals surface area (Å²) in [4.78, 5) is 24.5. The average Bonchev–Trinajstić information content (AvgIpc) is 2.97. The highest BCUT2D eigenvalue weighted by atomic mass is 16.6. The zero-order valence-electron chi connectivity index (χ0n) is 14.5. The quantitative estimate of drug-likeness (QED) is 0.662. The van der Waals surface area contributed by atoms with E-state index < -0.39 is 24.1 Å². The summed E-state index contributed by atoms with van der Waals surface area (Å²) in [5.41, 5.74) is 1.31. The van der Waals surface area contributed by atoms with Crippen LogP contribution in [0.4, 0.5) is 0 Å². The zero-order chi connectivity index (χ0) is 18.6. The molecule has 1 unspecified atom stereocenters. The molecule has 1 N–H and O–H groups in total. The molecule has 0 aliphatic carbocycles. The Morgan fingerprint density at radius 1 is 1.19 bits per heavy atom. The molecule has 2 aromatic carbocycles. The van der Waals surface area contributed by atoms with Gasteiger partial charge in [-0.15, -0.1) is 0 Å². The molecule has 1 fully saturated rings. The Morgan fingerprint density at radius 2 is 1.88 bits per heavy atom. The first kappa shape index (κ1) is 17.9. The molecule has 0 amide bonds. The Balaban J connectivity index is 1.72. The number of esters is 2. The van der Waals surface area contributed by atoms with Gasteiger partial charge < -0.3 is 14.6 Å². The molecule has 26 heavy (non-hydrogen) atoms. The topological polar surface area (TPSA) is 72.8 Å². The van der Waals surface area contributed by atoms with Crippen LogP contribution in [-0.2, 0) is 14.3 Å². The fraction of sp³-hybridized carbons (Fsp3) is 0.238. The van der Waals surface area contributed by atoms with Gasteiger partial charge in [0.05, 0.1) is 12.2 Å². The number of cyclic esters (lactones) is 1. The van der Waals surface area contributed by atoms with Gasteiger partial charge in [0.1, 0.15) is 6.61 Å². The maximum absolute atomic E-state index is 12.3. The van der Waals surface area contributed by atoms with Crippen LogP contribution in [-0.4, -0.2) is 35.9 Å². The van der Waals surface area contributed by atoms with Crippen molar-refractivity contribution >= 4 is 18.0 Å². The van der Waals surface area contributed by atoms with Gasteiger partial charge in [-0.3, -0.25) is 0 Å². The molecule has 1 saturated heterocycles. The van der Waals surface area contributed by atoms with Gasteiger partial charge >= 0.3 is 11.9 Å².